The van der Waals surface area contributed by atoms with E-state index in [4.69, 9.17) is 0 Å². The summed E-state index contributed by atoms with van der Waals surface area (Å²) in [6.07, 6.45) is 0. The van der Waals surface area contributed by atoms with Crippen LogP contribution in [0.3, 0.4) is 0 Å². The molecule has 0 amide bonds. The minimum absolute atomic E-state index is 0. The van der Waals surface area contributed by atoms with Crippen LogP contribution in [0, 0.1) is 0 Å². The molecular formula is H7AlCuFeNiSnZn. The van der Waals surface area contributed by atoms with Gasteiger partial charge >= 0.3 is 23.9 Å². The molecule has 0 fully saturated rings. The third kappa shape index (κ3) is 25.9. The van der Waals surface area contributed by atoms with Gasteiger partial charge in [-0.3, -0.25) is 0 Å². The van der Waals surface area contributed by atoms with E-state index in [1.54, 1.807) is 0 Å². The quantitative estimate of drug-likeness (QED) is 0.393. The molecular weight excluding hydrogens is 389 g/mol. The second-order valence-electron chi connectivity index (χ2n) is 0. The third-order valence-corrected chi connectivity index (χ3v) is 0. The van der Waals surface area contributed by atoms with Gasteiger partial charge in [-0.05, 0) is 0 Å². The molecule has 0 aliphatic heterocycles. The molecule has 0 aliphatic carbocycles. The average Bonchev–Trinajstić information content (AvgIpc) is 0. The molecule has 45 valence electrons. The summed E-state index contributed by atoms with van der Waals surface area (Å²) in [6.45, 7) is 0. The van der Waals surface area contributed by atoms with Crippen LogP contribution in [0.15, 0.2) is 0 Å². The van der Waals surface area contributed by atoms with Gasteiger partial charge in [0.15, 0.2) is 17.4 Å². The third-order valence-electron chi connectivity index (χ3n) is 0. The molecule has 0 atom stereocenters. The summed E-state index contributed by atoms with van der Waals surface area (Å²) in [6, 6.07) is 0. The van der Waals surface area contributed by atoms with Gasteiger partial charge in [0, 0.05) is 70.1 Å². The van der Waals surface area contributed by atoms with Crippen LogP contribution in [0.5, 0.6) is 0 Å². The van der Waals surface area contributed by atoms with E-state index < -0.39 is 0 Å². The Hall–Kier alpha value is 3.49. The molecule has 0 spiro atoms. The summed E-state index contributed by atoms with van der Waals surface area (Å²) in [5.41, 5.74) is 0. The van der Waals surface area contributed by atoms with Crippen molar-refractivity contribution >= 4 is 41.3 Å². The van der Waals surface area contributed by atoms with Crippen molar-refractivity contribution in [3.05, 3.63) is 0 Å². The Labute approximate surface area is 109 Å². The molecule has 6 heavy (non-hydrogen) atoms. The molecule has 0 saturated heterocycles. The molecule has 0 rings (SSSR count). The summed E-state index contributed by atoms with van der Waals surface area (Å²) < 4.78 is 0. The van der Waals surface area contributed by atoms with E-state index in [2.05, 4.69) is 0 Å². The van der Waals surface area contributed by atoms with Crippen LogP contribution in [0.4, 0.5) is 0 Å². The van der Waals surface area contributed by atoms with Gasteiger partial charge < -0.3 is 0 Å². The minimum atomic E-state index is 0. The summed E-state index contributed by atoms with van der Waals surface area (Å²) in [4.78, 5) is 0. The van der Waals surface area contributed by atoms with Gasteiger partial charge in [-0.15, -0.1) is 0 Å². The monoisotopic (exact) mass is 395 g/mol. The van der Waals surface area contributed by atoms with Gasteiger partial charge in [0.1, 0.15) is 0 Å². The second-order valence-corrected chi connectivity index (χ2v) is 0. The summed E-state index contributed by atoms with van der Waals surface area (Å²) in [7, 11) is 0. The molecule has 0 bridgehead atoms. The van der Waals surface area contributed by atoms with E-state index in [1.807, 2.05) is 0 Å². The zero-order valence-electron chi connectivity index (χ0n) is 1.68. The van der Waals surface area contributed by atoms with Crippen molar-refractivity contribution in [1.82, 2.24) is 0 Å². The molecule has 0 heterocycles. The molecule has 0 saturated carbocycles. The molecule has 0 aromatic heterocycles. The van der Waals surface area contributed by atoms with Gasteiger partial charge in [-0.2, -0.15) is 0 Å². The van der Waals surface area contributed by atoms with E-state index in [9.17, 15) is 0 Å². The Balaban J connectivity index is 0. The van der Waals surface area contributed by atoms with Crippen molar-refractivity contribution in [2.45, 2.75) is 0 Å². The largest absolute Gasteiger partial charge is 0 e. The van der Waals surface area contributed by atoms with E-state index in [1.165, 1.54) is 0 Å². The molecule has 1 radical (unpaired) electrons. The Morgan fingerprint density at radius 2 is 1.00 bits per heavy atom. The number of hydrogen-bond acceptors (Lipinski definition) is 0. The van der Waals surface area contributed by atoms with Crippen molar-refractivity contribution in [2.75, 3.05) is 0 Å². The fraction of sp³-hybridized carbons (Fsp3) is 0. The Morgan fingerprint density at radius 1 is 1.00 bits per heavy atom. The predicted octanol–water partition coefficient (Wildman–Crippen LogP) is -2.65. The topological polar surface area (TPSA) is 0 Å². The van der Waals surface area contributed by atoms with Gasteiger partial charge in [-0.25, -0.2) is 0 Å². The van der Waals surface area contributed by atoms with Crippen LogP contribution in [0.2, 0.25) is 0 Å². The van der Waals surface area contributed by atoms with Crippen LogP contribution in [0.25, 0.3) is 0 Å². The molecule has 0 aromatic rings. The summed E-state index contributed by atoms with van der Waals surface area (Å²) >= 11 is 0. The van der Waals surface area contributed by atoms with E-state index in [0.717, 1.165) is 0 Å². The maximum atomic E-state index is 0. The molecule has 6 heteroatoms. The fourth-order valence-electron chi connectivity index (χ4n) is 0. The number of rotatable bonds is 0. The van der Waals surface area contributed by atoms with Gasteiger partial charge in [0.05, 0.1) is 0 Å². The van der Waals surface area contributed by atoms with E-state index in [-0.39, 0.29) is 111 Å². The van der Waals surface area contributed by atoms with Crippen LogP contribution in [-0.2, 0) is 70.1 Å². The van der Waals surface area contributed by atoms with Crippen LogP contribution < -0.4 is 0 Å². The van der Waals surface area contributed by atoms with Crippen molar-refractivity contribution in [3.63, 3.8) is 0 Å². The first-order chi connectivity index (χ1) is 0. The normalized spacial score (nSPS) is 0. The average molecular weight is 396 g/mol. The minimum Gasteiger partial charge on any atom is 0 e. The first-order valence-electron chi connectivity index (χ1n) is 0. The Kier molecular flexibility index (Phi) is 366. The standard InChI is InChI=1S/Al.Cu.Fe.Ni.Sn.Zn.7H. The molecule has 0 unspecified atom stereocenters. The maximum Gasteiger partial charge on any atom is 0 e. The van der Waals surface area contributed by atoms with E-state index in [0.29, 0.717) is 0 Å². The second kappa shape index (κ2) is 39.1. The first-order valence-corrected chi connectivity index (χ1v) is 0. The SMILES string of the molecule is [AlH3].[Cu].[Fe].[Ni].[SnH4].[Zn]. The van der Waals surface area contributed by atoms with Crippen molar-refractivity contribution < 1.29 is 70.1 Å². The summed E-state index contributed by atoms with van der Waals surface area (Å²) in [5, 5.41) is 0. The zero-order valence-corrected chi connectivity index (χ0v) is 7.68. The zero-order chi connectivity index (χ0) is 0. The van der Waals surface area contributed by atoms with Crippen molar-refractivity contribution in [1.29, 1.82) is 0 Å². The Bertz CT molecular complexity index is 15.5. The maximum absolute atomic E-state index is 0. The smallest absolute Gasteiger partial charge is 0 e. The molecule has 0 N–H and O–H groups in total. The molecule has 0 aromatic carbocycles. The summed E-state index contributed by atoms with van der Waals surface area (Å²) in [5.74, 6) is 0. The molecule has 0 aliphatic rings. The number of hydrogen-bond donors (Lipinski definition) is 0. The van der Waals surface area contributed by atoms with Crippen molar-refractivity contribution in [2.24, 2.45) is 0 Å². The van der Waals surface area contributed by atoms with Crippen LogP contribution >= 0.6 is 0 Å². The van der Waals surface area contributed by atoms with Crippen LogP contribution in [0.1, 0.15) is 0 Å². The fourth-order valence-corrected chi connectivity index (χ4v) is 0. The Morgan fingerprint density at radius 3 is 1.00 bits per heavy atom. The molecule has 0 nitrogen and oxygen atoms in total. The van der Waals surface area contributed by atoms with Gasteiger partial charge in [0.2, 0.25) is 0 Å². The van der Waals surface area contributed by atoms with Crippen molar-refractivity contribution in [3.8, 4) is 0 Å². The van der Waals surface area contributed by atoms with E-state index >= 15 is 0 Å². The van der Waals surface area contributed by atoms with Gasteiger partial charge in [0.25, 0.3) is 0 Å². The van der Waals surface area contributed by atoms with Crippen LogP contribution in [-0.4, -0.2) is 41.3 Å². The predicted molar refractivity (Wildman–Crippen MR) is 21.3 cm³/mol. The first kappa shape index (κ1) is 56.2. The van der Waals surface area contributed by atoms with Gasteiger partial charge in [-0.1, -0.05) is 0 Å².